The summed E-state index contributed by atoms with van der Waals surface area (Å²) >= 11 is 12.1. The summed E-state index contributed by atoms with van der Waals surface area (Å²) in [6.45, 7) is 8.33. The minimum absolute atomic E-state index is 0.454. The molecule has 20 aromatic rings. The van der Waals surface area contributed by atoms with Crippen molar-refractivity contribution in [2.75, 3.05) is 51.3 Å². The number of nitrogens with zero attached hydrogens (tertiary/aromatic N) is 16. The van der Waals surface area contributed by atoms with Gasteiger partial charge in [0.05, 0.1) is 39.2 Å². The number of fused-ring (bicyclic) bond motifs is 5. The highest BCUT2D eigenvalue weighted by atomic mass is 35.5. The van der Waals surface area contributed by atoms with Crippen molar-refractivity contribution in [1.82, 2.24) is 99.7 Å². The van der Waals surface area contributed by atoms with Gasteiger partial charge in [-0.1, -0.05) is 53.5 Å². The van der Waals surface area contributed by atoms with Gasteiger partial charge in [0.2, 0.25) is 29.7 Å². The van der Waals surface area contributed by atoms with E-state index in [1.54, 1.807) is 80.2 Å². The molecule has 15 aromatic heterocycles. The second-order valence-corrected chi connectivity index (χ2v) is 28.5. The molecule has 0 spiro atoms. The van der Waals surface area contributed by atoms with Crippen LogP contribution in [0.1, 0.15) is 22.3 Å². The van der Waals surface area contributed by atoms with E-state index in [-0.39, 0.29) is 0 Å². The van der Waals surface area contributed by atoms with Gasteiger partial charge in [0.15, 0.2) is 0 Å². The Hall–Kier alpha value is -15.9. The van der Waals surface area contributed by atoms with Crippen molar-refractivity contribution in [1.29, 1.82) is 0 Å². The van der Waals surface area contributed by atoms with Crippen molar-refractivity contribution in [3.8, 4) is 56.3 Å². The molecule has 0 saturated carbocycles. The molecule has 0 aliphatic carbocycles. The lowest BCUT2D eigenvalue weighted by Gasteiger charge is -2.13. The Bertz CT molecular complexity index is 6940. The Balaban J connectivity index is 0.000000112. The van der Waals surface area contributed by atoms with Crippen LogP contribution in [0.2, 0.25) is 10.0 Å². The zero-order chi connectivity index (χ0) is 82.4. The van der Waals surface area contributed by atoms with Crippen molar-refractivity contribution >= 4 is 148 Å². The molecule has 15 heterocycles. The van der Waals surface area contributed by atoms with Crippen LogP contribution in [-0.2, 0) is 0 Å². The van der Waals surface area contributed by atoms with Crippen LogP contribution in [-0.4, -0.2) is 114 Å². The number of nitrogens with one attached hydrogen (secondary N) is 10. The summed E-state index contributed by atoms with van der Waals surface area (Å²) in [5.74, 6) is 2.72. The summed E-state index contributed by atoms with van der Waals surface area (Å²) < 4.78 is 0. The Morgan fingerprint density at radius 3 is 0.992 bits per heavy atom. The Morgan fingerprint density at radius 2 is 0.633 bits per heavy atom. The monoisotopic (exact) mass is 1620 g/mol. The lowest BCUT2D eigenvalue weighted by molar-refractivity contribution is 1.13. The molecule has 0 atom stereocenters. The molecule has 590 valence electrons. The van der Waals surface area contributed by atoms with Gasteiger partial charge in [0.1, 0.15) is 28.2 Å². The van der Waals surface area contributed by atoms with E-state index in [2.05, 4.69) is 189 Å². The number of benzene rings is 5. The fourth-order valence-electron chi connectivity index (χ4n) is 13.2. The third kappa shape index (κ3) is 18.3. The summed E-state index contributed by atoms with van der Waals surface area (Å²) in [5.41, 5.74) is 30.3. The number of aryl methyl sites for hydroxylation is 3. The predicted octanol–water partition coefficient (Wildman–Crippen LogP) is 21.0. The largest absolute Gasteiger partial charge is 0.399 e. The smallest absolute Gasteiger partial charge is 0.227 e. The van der Waals surface area contributed by atoms with Crippen LogP contribution in [0.25, 0.3) is 111 Å². The number of pyridine rings is 5. The highest BCUT2D eigenvalue weighted by molar-refractivity contribution is 6.36. The average Bonchev–Trinajstić information content (AvgIpc) is 1.67. The molecule has 0 unspecified atom stereocenters. The standard InChI is InChI=1S/C19H18N6.2C19H17N5.C17H11Cl2N5.C17H14N6/c1-25(2)14-7-5-13(6-8-14)23-19-21-11-9-17(24-19)16-12-22-18-15(16)4-3-10-20-18;1-12-5-3-7-16(13(12)2)23-19-21-10-8-17(24-19)15-11-22-18-14(15)6-4-9-20-18;1-12-5-3-6-13(2)17(12)24-19-21-10-8-16(23-19)15-11-22-18-14(15)7-4-9-20-18;18-10-3-4-15(13(19)8-10)24-17-21-7-5-14(23-17)12-9-22-16-11(12)2-1-6-20-16;18-11-3-5-12(6-4-11)22-17-20-9-7-15(23-17)14-10-21-16-13(14)2-1-8-19-16/h3-12H,1-2H3,(H,20,22)(H,21,23,24);2*3-11H,1-2H3,(H,20,22)(H,21,23,24);1-9H,(H,20,22)(H,21,23,24);1-10H,18H2,(H,19,21)(H,20,22,23). The topological polar surface area (TPSA) is 362 Å². The Morgan fingerprint density at radius 1 is 0.308 bits per heavy atom. The van der Waals surface area contributed by atoms with Gasteiger partial charge < -0.3 is 62.1 Å². The second-order valence-electron chi connectivity index (χ2n) is 27.7. The minimum Gasteiger partial charge on any atom is -0.399 e. The first kappa shape index (κ1) is 78.0. The Kier molecular flexibility index (Phi) is 23.3. The van der Waals surface area contributed by atoms with E-state index in [0.29, 0.717) is 45.5 Å². The molecule has 0 aliphatic rings. The number of para-hydroxylation sites is 1. The van der Waals surface area contributed by atoms with E-state index < -0.39 is 0 Å². The second kappa shape index (κ2) is 35.9. The van der Waals surface area contributed by atoms with Gasteiger partial charge in [-0.3, -0.25) is 0 Å². The third-order valence-corrected chi connectivity index (χ3v) is 20.0. The molecule has 20 rings (SSSR count). The van der Waals surface area contributed by atoms with Crippen molar-refractivity contribution in [2.24, 2.45) is 0 Å². The molecule has 0 aliphatic heterocycles. The highest BCUT2D eigenvalue weighted by Crippen LogP contribution is 2.35. The number of nitrogens with two attached hydrogens (primary N) is 1. The minimum atomic E-state index is 0.454. The van der Waals surface area contributed by atoms with E-state index in [1.807, 2.05) is 191 Å². The van der Waals surface area contributed by atoms with E-state index in [0.717, 1.165) is 146 Å². The first-order chi connectivity index (χ1) is 58.6. The summed E-state index contributed by atoms with van der Waals surface area (Å²) in [5, 5.41) is 22.5. The molecule has 27 nitrogen and oxygen atoms in total. The lowest BCUT2D eigenvalue weighted by atomic mass is 10.1. The molecule has 0 radical (unpaired) electrons. The molecule has 120 heavy (non-hydrogen) atoms. The van der Waals surface area contributed by atoms with Crippen molar-refractivity contribution in [3.05, 3.63) is 319 Å². The van der Waals surface area contributed by atoms with Crippen molar-refractivity contribution in [2.45, 2.75) is 27.7 Å². The van der Waals surface area contributed by atoms with Crippen LogP contribution in [0.15, 0.2) is 287 Å². The van der Waals surface area contributed by atoms with Gasteiger partial charge in [-0.15, -0.1) is 0 Å². The van der Waals surface area contributed by atoms with Gasteiger partial charge in [-0.2, -0.15) is 0 Å². The van der Waals surface area contributed by atoms with Gasteiger partial charge in [0, 0.05) is 201 Å². The molecular formula is C91H77Cl2N27. The fraction of sp³-hybridized carbons (Fsp3) is 0.0659. The van der Waals surface area contributed by atoms with Crippen LogP contribution >= 0.6 is 23.2 Å². The zero-order valence-corrected chi connectivity index (χ0v) is 67.1. The number of aromatic amines is 5. The van der Waals surface area contributed by atoms with Crippen molar-refractivity contribution in [3.63, 3.8) is 0 Å². The third-order valence-electron chi connectivity index (χ3n) is 19.5. The normalized spacial score (nSPS) is 10.9. The molecular weight excluding hydrogens is 1540 g/mol. The number of aromatic nitrogens is 20. The van der Waals surface area contributed by atoms with E-state index in [9.17, 15) is 0 Å². The number of rotatable bonds is 16. The van der Waals surface area contributed by atoms with Crippen LogP contribution in [0, 0.1) is 27.7 Å². The summed E-state index contributed by atoms with van der Waals surface area (Å²) in [6, 6.07) is 62.3. The van der Waals surface area contributed by atoms with Crippen LogP contribution in [0.3, 0.4) is 0 Å². The van der Waals surface area contributed by atoms with Crippen molar-refractivity contribution < 1.29 is 0 Å². The van der Waals surface area contributed by atoms with E-state index in [4.69, 9.17) is 28.9 Å². The molecule has 0 amide bonds. The van der Waals surface area contributed by atoms with Crippen LogP contribution < -0.4 is 37.2 Å². The SMILES string of the molecule is CN(C)c1ccc(Nc2nccc(-c3c[nH]c4ncccc34)n2)cc1.Cc1cccc(C)c1Nc1nccc(-c2c[nH]c3ncccc23)n1.Cc1cccc(Nc2nccc(-c3c[nH]c4ncccc34)n2)c1C.Clc1ccc(Nc2nccc(-c3c[nH]c4ncccc34)n2)c(Cl)c1.Nc1ccc(Nc2nccc(-c3c[nH]c4ncccc34)n2)cc1. The summed E-state index contributed by atoms with van der Waals surface area (Å²) in [6.07, 6.45) is 27.1. The fourth-order valence-corrected chi connectivity index (χ4v) is 13.6. The summed E-state index contributed by atoms with van der Waals surface area (Å²) in [7, 11) is 4.04. The number of hydrogen-bond acceptors (Lipinski definition) is 22. The maximum Gasteiger partial charge on any atom is 0.227 e. The van der Waals surface area contributed by atoms with Gasteiger partial charge >= 0.3 is 0 Å². The van der Waals surface area contributed by atoms with E-state index in [1.165, 1.54) is 22.3 Å². The van der Waals surface area contributed by atoms with Crippen LogP contribution in [0.4, 0.5) is 69.6 Å². The number of halogens is 2. The lowest BCUT2D eigenvalue weighted by Crippen LogP contribution is -2.08. The molecule has 5 aromatic carbocycles. The highest BCUT2D eigenvalue weighted by Gasteiger charge is 2.17. The number of hydrogen-bond donors (Lipinski definition) is 11. The maximum atomic E-state index is 6.18. The Labute approximate surface area is 698 Å². The first-order valence-electron chi connectivity index (χ1n) is 38.0. The molecule has 29 heteroatoms. The van der Waals surface area contributed by atoms with Gasteiger partial charge in [-0.25, -0.2) is 74.8 Å². The molecule has 12 N–H and O–H groups in total. The number of anilines is 12. The van der Waals surface area contributed by atoms with Gasteiger partial charge in [0.25, 0.3) is 0 Å². The zero-order valence-electron chi connectivity index (χ0n) is 65.6. The van der Waals surface area contributed by atoms with E-state index >= 15 is 0 Å². The first-order valence-corrected chi connectivity index (χ1v) is 38.7. The quantitative estimate of drug-likeness (QED) is 0.0400. The van der Waals surface area contributed by atoms with Gasteiger partial charge in [-0.05, 0) is 214 Å². The average molecular weight is 1620 g/mol. The van der Waals surface area contributed by atoms with Crippen LogP contribution in [0.5, 0.6) is 0 Å². The summed E-state index contributed by atoms with van der Waals surface area (Å²) in [4.78, 5) is 84.1. The number of nitrogen functional groups attached to an aromatic ring is 1. The number of H-pyrrole nitrogens is 5. The predicted molar refractivity (Wildman–Crippen MR) is 482 cm³/mol. The molecule has 0 bridgehead atoms. The maximum absolute atomic E-state index is 6.18. The molecule has 0 fully saturated rings. The molecule has 0 saturated heterocycles.